The van der Waals surface area contributed by atoms with Gasteiger partial charge in [-0.05, 0) is 39.8 Å². The molecule has 0 atom stereocenters. The lowest BCUT2D eigenvalue weighted by Gasteiger charge is -2.18. The van der Waals surface area contributed by atoms with E-state index in [0.29, 0.717) is 10.7 Å². The number of ether oxygens (including phenoxy) is 1. The number of amides is 2. The number of aromatic nitrogens is 1. The summed E-state index contributed by atoms with van der Waals surface area (Å²) in [5, 5.41) is 5.32. The maximum atomic E-state index is 11.6. The van der Waals surface area contributed by atoms with Crippen molar-refractivity contribution in [3.63, 3.8) is 0 Å². The molecule has 0 saturated heterocycles. The third-order valence-corrected chi connectivity index (χ3v) is 2.64. The van der Waals surface area contributed by atoms with E-state index >= 15 is 0 Å². The van der Waals surface area contributed by atoms with E-state index in [1.165, 1.54) is 25.8 Å². The highest BCUT2D eigenvalue weighted by Gasteiger charge is 2.14. The number of carbonyl (C=O) groups excluding carboxylic acids is 2. The van der Waals surface area contributed by atoms with Crippen LogP contribution in [0, 0.1) is 0 Å². The van der Waals surface area contributed by atoms with Crippen LogP contribution in [0.1, 0.15) is 52.0 Å². The molecule has 1 aromatic rings. The van der Waals surface area contributed by atoms with E-state index in [0.717, 1.165) is 0 Å². The molecule has 1 rings (SSSR count). The second-order valence-electron chi connectivity index (χ2n) is 5.55. The highest BCUT2D eigenvalue weighted by atomic mass is 35.5. The number of rotatable bonds is 4. The van der Waals surface area contributed by atoms with Crippen LogP contribution in [0.5, 0.6) is 0 Å². The van der Waals surface area contributed by atoms with Crippen LogP contribution < -0.4 is 10.6 Å². The fourth-order valence-electron chi connectivity index (χ4n) is 1.30. The summed E-state index contributed by atoms with van der Waals surface area (Å²) >= 11 is 5.87. The number of hydrogen-bond acceptors (Lipinski definition) is 5. The first kappa shape index (κ1) is 26.7. The lowest BCUT2D eigenvalue weighted by atomic mass is 10.2. The van der Waals surface area contributed by atoms with E-state index < -0.39 is 0 Å². The van der Waals surface area contributed by atoms with Crippen molar-refractivity contribution in [2.24, 2.45) is 0 Å². The molecule has 0 spiro atoms. The normalized spacial score (nSPS) is 11.1. The number of allylic oxidation sites excluding steroid dienone is 4. The van der Waals surface area contributed by atoms with Crippen molar-refractivity contribution in [2.75, 3.05) is 7.05 Å². The molecule has 0 radical (unpaired) electrons. The van der Waals surface area contributed by atoms with Gasteiger partial charge < -0.3 is 19.8 Å². The van der Waals surface area contributed by atoms with E-state index in [9.17, 15) is 9.59 Å². The van der Waals surface area contributed by atoms with Gasteiger partial charge in [0.15, 0.2) is 12.1 Å². The third-order valence-electron chi connectivity index (χ3n) is 2.29. The zero-order valence-corrected chi connectivity index (χ0v) is 17.8. The summed E-state index contributed by atoms with van der Waals surface area (Å²) in [5.74, 6) is -0.387. The number of oxazole rings is 1. The molecule has 27 heavy (non-hydrogen) atoms. The van der Waals surface area contributed by atoms with Crippen LogP contribution in [0.4, 0.5) is 4.79 Å². The number of hydrogen-bond donors (Lipinski definition) is 2. The summed E-state index contributed by atoms with van der Waals surface area (Å²) in [6.45, 7) is 14.8. The number of nitrogens with zero attached hydrogens (tertiary/aromatic N) is 1. The Balaban J connectivity index is 0. The second kappa shape index (κ2) is 14.6. The van der Waals surface area contributed by atoms with Crippen LogP contribution in [0.25, 0.3) is 0 Å². The predicted octanol–water partition coefficient (Wildman–Crippen LogP) is 4.78. The minimum absolute atomic E-state index is 0.190. The molecule has 1 aromatic heterocycles. The highest BCUT2D eigenvalue weighted by molar-refractivity contribution is 6.31. The SMILES string of the molecule is C=C/C(Cl)=C(\C=C\C)NC(=O)c1cocn1.CC.CNC(=O)OC(C)(C)C. The van der Waals surface area contributed by atoms with Crippen LogP contribution in [0.3, 0.4) is 0 Å². The second-order valence-corrected chi connectivity index (χ2v) is 5.95. The zero-order valence-electron chi connectivity index (χ0n) is 17.1. The van der Waals surface area contributed by atoms with E-state index in [1.807, 2.05) is 41.5 Å². The maximum absolute atomic E-state index is 11.6. The van der Waals surface area contributed by atoms with Gasteiger partial charge in [0.05, 0.1) is 10.7 Å². The molecule has 152 valence electrons. The van der Waals surface area contributed by atoms with Crippen molar-refractivity contribution in [1.82, 2.24) is 15.6 Å². The van der Waals surface area contributed by atoms with E-state index in [1.54, 1.807) is 12.2 Å². The van der Waals surface area contributed by atoms with Crippen LogP contribution in [0.15, 0.2) is 52.6 Å². The standard InChI is InChI=1S/C11H11ClN2O2.C6H13NO2.C2H6/c1-3-5-9(8(12)4-2)14-11(15)10-6-16-7-13-10;1-6(2,3)9-5(8)7-4;1-2/h3-7H,2H2,1H3,(H,14,15);1-4H3,(H,7,8);1-2H3/b5-3+,9-8-;;. The van der Waals surface area contributed by atoms with Gasteiger partial charge in [-0.25, -0.2) is 9.78 Å². The molecule has 0 fully saturated rings. The summed E-state index contributed by atoms with van der Waals surface area (Å²) < 4.78 is 9.54. The summed E-state index contributed by atoms with van der Waals surface area (Å²) in [7, 11) is 1.54. The van der Waals surface area contributed by atoms with Crippen molar-refractivity contribution in [3.05, 3.63) is 53.9 Å². The first-order valence-corrected chi connectivity index (χ1v) is 8.77. The Hall–Kier alpha value is -2.54. The zero-order chi connectivity index (χ0) is 21.5. The van der Waals surface area contributed by atoms with Gasteiger partial charge in [0.1, 0.15) is 11.9 Å². The van der Waals surface area contributed by atoms with E-state index in [2.05, 4.69) is 22.2 Å². The molecule has 8 heteroatoms. The molecule has 0 aliphatic rings. The molecule has 2 N–H and O–H groups in total. The molecular formula is C19H30ClN3O4. The van der Waals surface area contributed by atoms with Gasteiger partial charge >= 0.3 is 6.09 Å². The molecule has 0 bridgehead atoms. The van der Waals surface area contributed by atoms with Gasteiger partial charge in [-0.2, -0.15) is 0 Å². The first-order valence-electron chi connectivity index (χ1n) is 8.39. The van der Waals surface area contributed by atoms with Gasteiger partial charge in [0.25, 0.3) is 5.91 Å². The first-order chi connectivity index (χ1) is 12.6. The fourth-order valence-corrected chi connectivity index (χ4v) is 1.41. The fraction of sp³-hybridized carbons (Fsp3) is 0.421. The number of alkyl carbamates (subject to hydrolysis) is 1. The average Bonchev–Trinajstić information content (AvgIpc) is 3.16. The van der Waals surface area contributed by atoms with Gasteiger partial charge in [-0.1, -0.05) is 38.1 Å². The van der Waals surface area contributed by atoms with Gasteiger partial charge in [-0.3, -0.25) is 4.79 Å². The summed E-state index contributed by atoms with van der Waals surface area (Å²) in [6, 6.07) is 0. The highest BCUT2D eigenvalue weighted by Crippen LogP contribution is 2.10. The minimum atomic E-state index is -0.389. The predicted molar refractivity (Wildman–Crippen MR) is 109 cm³/mol. The molecule has 7 nitrogen and oxygen atoms in total. The molecule has 2 amide bonds. The summed E-state index contributed by atoms with van der Waals surface area (Å²) in [6.07, 6.45) is 6.92. The van der Waals surface area contributed by atoms with Gasteiger partial charge in [-0.15, -0.1) is 0 Å². The summed E-state index contributed by atoms with van der Waals surface area (Å²) in [4.78, 5) is 25.8. The summed E-state index contributed by atoms with van der Waals surface area (Å²) in [5.41, 5.74) is 0.266. The van der Waals surface area contributed by atoms with Crippen molar-refractivity contribution in [1.29, 1.82) is 0 Å². The number of nitrogens with one attached hydrogen (secondary N) is 2. The largest absolute Gasteiger partial charge is 0.451 e. The Morgan fingerprint density at radius 1 is 1.33 bits per heavy atom. The smallest absolute Gasteiger partial charge is 0.407 e. The maximum Gasteiger partial charge on any atom is 0.407 e. The Kier molecular flexibility index (Phi) is 14.4. The van der Waals surface area contributed by atoms with Crippen LogP contribution in [0.2, 0.25) is 0 Å². The molecule has 0 aliphatic carbocycles. The van der Waals surface area contributed by atoms with Gasteiger partial charge in [0.2, 0.25) is 0 Å². The lowest BCUT2D eigenvalue weighted by molar-refractivity contribution is 0.0541. The van der Waals surface area contributed by atoms with E-state index in [4.69, 9.17) is 20.8 Å². The average molecular weight is 400 g/mol. The Bertz CT molecular complexity index is 630. The van der Waals surface area contributed by atoms with Gasteiger partial charge in [0, 0.05) is 7.05 Å². The topological polar surface area (TPSA) is 93.5 Å². The minimum Gasteiger partial charge on any atom is -0.451 e. The quantitative estimate of drug-likeness (QED) is 0.710. The van der Waals surface area contributed by atoms with Crippen LogP contribution in [-0.2, 0) is 4.74 Å². The van der Waals surface area contributed by atoms with E-state index in [-0.39, 0.29) is 23.3 Å². The van der Waals surface area contributed by atoms with Crippen molar-refractivity contribution in [2.45, 2.75) is 47.1 Å². The van der Waals surface area contributed by atoms with Crippen molar-refractivity contribution >= 4 is 23.6 Å². The molecule has 0 aliphatic heterocycles. The van der Waals surface area contributed by atoms with Crippen molar-refractivity contribution < 1.29 is 18.7 Å². The lowest BCUT2D eigenvalue weighted by Crippen LogP contribution is -2.30. The molecule has 0 saturated carbocycles. The molecule has 0 aromatic carbocycles. The van der Waals surface area contributed by atoms with Crippen molar-refractivity contribution in [3.8, 4) is 0 Å². The Labute approximate surface area is 166 Å². The molecule has 0 unspecified atom stereocenters. The monoisotopic (exact) mass is 399 g/mol. The Morgan fingerprint density at radius 2 is 1.93 bits per heavy atom. The Morgan fingerprint density at radius 3 is 2.26 bits per heavy atom. The number of carbonyl (C=O) groups is 2. The number of halogens is 1. The third kappa shape index (κ3) is 13.3. The molecular weight excluding hydrogens is 370 g/mol. The van der Waals surface area contributed by atoms with Crippen LogP contribution in [-0.4, -0.2) is 29.6 Å². The molecule has 1 heterocycles. The van der Waals surface area contributed by atoms with Crippen LogP contribution >= 0.6 is 11.6 Å².